The van der Waals surface area contributed by atoms with E-state index in [0.29, 0.717) is 11.3 Å². The molecule has 30 heavy (non-hydrogen) atoms. The van der Waals surface area contributed by atoms with Crippen LogP contribution in [0.5, 0.6) is 0 Å². The summed E-state index contributed by atoms with van der Waals surface area (Å²) in [6.45, 7) is 3.73. The van der Waals surface area contributed by atoms with Crippen molar-refractivity contribution in [3.05, 3.63) is 59.7 Å². The number of carbonyl (C=O) groups excluding carboxylic acids is 3. The first kappa shape index (κ1) is 21.1. The van der Waals surface area contributed by atoms with Gasteiger partial charge in [-0.3, -0.25) is 14.4 Å². The summed E-state index contributed by atoms with van der Waals surface area (Å²) in [6.07, 6.45) is -0.112. The lowest BCUT2D eigenvalue weighted by Gasteiger charge is -2.18. The Morgan fingerprint density at radius 3 is 2.60 bits per heavy atom. The molecule has 154 valence electrons. The Bertz CT molecular complexity index is 994. The summed E-state index contributed by atoms with van der Waals surface area (Å²) in [7, 11) is 0. The van der Waals surface area contributed by atoms with E-state index in [0.717, 1.165) is 12.1 Å². The van der Waals surface area contributed by atoms with Crippen LogP contribution in [0.3, 0.4) is 0 Å². The van der Waals surface area contributed by atoms with Crippen LogP contribution in [0.4, 0.5) is 11.4 Å². The van der Waals surface area contributed by atoms with Crippen molar-refractivity contribution >= 4 is 29.2 Å². The second-order valence-electron chi connectivity index (χ2n) is 7.15. The van der Waals surface area contributed by atoms with Gasteiger partial charge in [-0.2, -0.15) is 5.26 Å². The van der Waals surface area contributed by atoms with E-state index < -0.39 is 23.9 Å². The molecule has 1 fully saturated rings. The largest absolute Gasteiger partial charge is 0.452 e. The molecule has 7 nitrogen and oxygen atoms in total. The molecule has 1 saturated heterocycles. The summed E-state index contributed by atoms with van der Waals surface area (Å²) >= 11 is 0. The molecule has 1 aliphatic heterocycles. The van der Waals surface area contributed by atoms with Gasteiger partial charge in [0.05, 0.1) is 17.2 Å². The maximum atomic E-state index is 12.5. The molecular weight excluding hydrogens is 382 g/mol. The molecule has 0 unspecified atom stereocenters. The Balaban J connectivity index is 1.59. The number of aryl methyl sites for hydroxylation is 1. The fraction of sp³-hybridized carbons (Fsp3) is 0.304. The normalized spacial score (nSPS) is 16.6. The number of hydrogen-bond donors (Lipinski definition) is 1. The highest BCUT2D eigenvalue weighted by Gasteiger charge is 2.37. The zero-order chi connectivity index (χ0) is 21.7. The number of amides is 2. The lowest BCUT2D eigenvalue weighted by atomic mass is 10.1. The topological polar surface area (TPSA) is 99.5 Å². The van der Waals surface area contributed by atoms with Gasteiger partial charge >= 0.3 is 5.97 Å². The van der Waals surface area contributed by atoms with Gasteiger partial charge in [0.25, 0.3) is 5.91 Å². The van der Waals surface area contributed by atoms with Gasteiger partial charge < -0.3 is 15.0 Å². The first-order valence-electron chi connectivity index (χ1n) is 9.82. The molecule has 1 heterocycles. The molecule has 0 saturated carbocycles. The number of carbonyl (C=O) groups is 3. The van der Waals surface area contributed by atoms with E-state index in [9.17, 15) is 14.4 Å². The van der Waals surface area contributed by atoms with Gasteiger partial charge in [-0.1, -0.05) is 31.2 Å². The van der Waals surface area contributed by atoms with E-state index in [-0.39, 0.29) is 18.9 Å². The SMILES string of the molecule is CCc1ccc(N2C[C@H](C(=O)O[C@@H](C)C(=O)Nc3ccccc3C#N)CC2=O)cc1. The van der Waals surface area contributed by atoms with Gasteiger partial charge in [0.15, 0.2) is 6.10 Å². The van der Waals surface area contributed by atoms with Crippen LogP contribution < -0.4 is 10.2 Å². The number of para-hydroxylation sites is 1. The van der Waals surface area contributed by atoms with E-state index >= 15 is 0 Å². The number of esters is 1. The lowest BCUT2D eigenvalue weighted by molar-refractivity contribution is -0.157. The Kier molecular flexibility index (Phi) is 6.48. The number of nitriles is 1. The van der Waals surface area contributed by atoms with Crippen LogP contribution in [0.2, 0.25) is 0 Å². The maximum absolute atomic E-state index is 12.5. The second kappa shape index (κ2) is 9.23. The highest BCUT2D eigenvalue weighted by atomic mass is 16.5. The quantitative estimate of drug-likeness (QED) is 0.745. The van der Waals surface area contributed by atoms with E-state index in [1.165, 1.54) is 12.5 Å². The number of benzene rings is 2. The van der Waals surface area contributed by atoms with Crippen molar-refractivity contribution in [1.82, 2.24) is 0 Å². The number of ether oxygens (including phenoxy) is 1. The van der Waals surface area contributed by atoms with Crippen molar-refractivity contribution in [3.8, 4) is 6.07 Å². The molecule has 2 atom stereocenters. The zero-order valence-electron chi connectivity index (χ0n) is 16.9. The molecule has 0 aliphatic carbocycles. The minimum atomic E-state index is -1.06. The van der Waals surface area contributed by atoms with E-state index in [2.05, 4.69) is 12.2 Å². The third-order valence-electron chi connectivity index (χ3n) is 5.08. The van der Waals surface area contributed by atoms with Crippen LogP contribution in [0.25, 0.3) is 0 Å². The molecule has 3 rings (SSSR count). The second-order valence-corrected chi connectivity index (χ2v) is 7.15. The third kappa shape index (κ3) is 4.66. The van der Waals surface area contributed by atoms with Crippen LogP contribution in [-0.2, 0) is 25.5 Å². The number of rotatable bonds is 6. The van der Waals surface area contributed by atoms with Crippen molar-refractivity contribution in [2.75, 3.05) is 16.8 Å². The van der Waals surface area contributed by atoms with Crippen molar-refractivity contribution in [3.63, 3.8) is 0 Å². The fourth-order valence-electron chi connectivity index (χ4n) is 3.27. The van der Waals surface area contributed by atoms with Gasteiger partial charge in [0, 0.05) is 18.7 Å². The van der Waals surface area contributed by atoms with E-state index in [4.69, 9.17) is 10.00 Å². The van der Waals surface area contributed by atoms with Gasteiger partial charge in [-0.05, 0) is 43.2 Å². The summed E-state index contributed by atoms with van der Waals surface area (Å²) < 4.78 is 5.30. The standard InChI is InChI=1S/C23H23N3O4/c1-3-16-8-10-19(11-9-16)26-14-18(12-21(26)27)23(29)30-15(2)22(28)25-20-7-5-4-6-17(20)13-24/h4-11,15,18H,3,12,14H2,1-2H3,(H,25,28)/t15-,18+/m0/s1. The molecule has 0 radical (unpaired) electrons. The molecular formula is C23H23N3O4. The molecule has 2 aromatic carbocycles. The van der Waals surface area contributed by atoms with Gasteiger partial charge in [0.2, 0.25) is 5.91 Å². The van der Waals surface area contributed by atoms with Crippen molar-refractivity contribution in [2.45, 2.75) is 32.8 Å². The van der Waals surface area contributed by atoms with Crippen molar-refractivity contribution in [1.29, 1.82) is 5.26 Å². The monoisotopic (exact) mass is 405 g/mol. The molecule has 0 bridgehead atoms. The van der Waals surface area contributed by atoms with Crippen LogP contribution in [0.15, 0.2) is 48.5 Å². The lowest BCUT2D eigenvalue weighted by Crippen LogP contribution is -2.33. The molecule has 7 heteroatoms. The first-order valence-corrected chi connectivity index (χ1v) is 9.82. The summed E-state index contributed by atoms with van der Waals surface area (Å²) in [6, 6.07) is 16.2. The number of nitrogens with zero attached hydrogens (tertiary/aromatic N) is 2. The van der Waals surface area contributed by atoms with Crippen LogP contribution in [0, 0.1) is 17.2 Å². The predicted molar refractivity (Wildman–Crippen MR) is 112 cm³/mol. The van der Waals surface area contributed by atoms with Crippen molar-refractivity contribution < 1.29 is 19.1 Å². The summed E-state index contributed by atoms with van der Waals surface area (Å²) in [4.78, 5) is 38.8. The molecule has 0 spiro atoms. The molecule has 2 aromatic rings. The summed E-state index contributed by atoms with van der Waals surface area (Å²) in [5, 5.41) is 11.7. The predicted octanol–water partition coefficient (Wildman–Crippen LogP) is 3.04. The minimum absolute atomic E-state index is 0.0416. The van der Waals surface area contributed by atoms with Crippen LogP contribution in [-0.4, -0.2) is 30.4 Å². The summed E-state index contributed by atoms with van der Waals surface area (Å²) in [5.74, 6) is -1.92. The highest BCUT2D eigenvalue weighted by molar-refractivity contribution is 6.00. The van der Waals surface area contributed by atoms with Crippen LogP contribution in [0.1, 0.15) is 31.4 Å². The van der Waals surface area contributed by atoms with Gasteiger partial charge in [-0.25, -0.2) is 0 Å². The maximum Gasteiger partial charge on any atom is 0.312 e. The Morgan fingerprint density at radius 1 is 1.23 bits per heavy atom. The van der Waals surface area contributed by atoms with E-state index in [1.807, 2.05) is 30.3 Å². The molecule has 2 amide bonds. The van der Waals surface area contributed by atoms with Crippen LogP contribution >= 0.6 is 0 Å². The molecule has 1 N–H and O–H groups in total. The minimum Gasteiger partial charge on any atom is -0.452 e. The van der Waals surface area contributed by atoms with Gasteiger partial charge in [-0.15, -0.1) is 0 Å². The Hall–Kier alpha value is -3.66. The van der Waals surface area contributed by atoms with E-state index in [1.54, 1.807) is 29.2 Å². The number of anilines is 2. The highest BCUT2D eigenvalue weighted by Crippen LogP contribution is 2.26. The Labute approximate surface area is 175 Å². The summed E-state index contributed by atoms with van der Waals surface area (Å²) in [5.41, 5.74) is 2.58. The third-order valence-corrected chi connectivity index (χ3v) is 5.08. The molecule has 1 aliphatic rings. The van der Waals surface area contributed by atoms with Gasteiger partial charge in [0.1, 0.15) is 6.07 Å². The average Bonchev–Trinajstić information content (AvgIpc) is 3.15. The fourth-order valence-corrected chi connectivity index (χ4v) is 3.27. The smallest absolute Gasteiger partial charge is 0.312 e. The average molecular weight is 405 g/mol. The van der Waals surface area contributed by atoms with Crippen molar-refractivity contribution in [2.24, 2.45) is 5.92 Å². The molecule has 0 aromatic heterocycles. The zero-order valence-corrected chi connectivity index (χ0v) is 16.9. The number of nitrogens with one attached hydrogen (secondary N) is 1. The number of hydrogen-bond acceptors (Lipinski definition) is 5. The Morgan fingerprint density at radius 2 is 1.93 bits per heavy atom. The first-order chi connectivity index (χ1) is 14.4.